The van der Waals surface area contributed by atoms with E-state index in [1.54, 1.807) is 7.11 Å². The molecule has 1 heterocycles. The van der Waals surface area contributed by atoms with Crippen molar-refractivity contribution in [1.82, 2.24) is 15.1 Å². The van der Waals surface area contributed by atoms with Crippen LogP contribution >= 0.6 is 0 Å². The second-order valence-electron chi connectivity index (χ2n) is 6.24. The number of nitrogens with zero attached hydrogens (tertiary/aromatic N) is 2. The minimum Gasteiger partial charge on any atom is -0.497 e. The quantitative estimate of drug-likeness (QED) is 0.867. The first-order valence-corrected chi connectivity index (χ1v) is 7.82. The fourth-order valence-electron chi connectivity index (χ4n) is 2.94. The molecule has 0 aliphatic carbocycles. The highest BCUT2D eigenvalue weighted by Crippen LogP contribution is 2.22. The lowest BCUT2D eigenvalue weighted by Gasteiger charge is -2.32. The molecule has 0 aromatic heterocycles. The van der Waals surface area contributed by atoms with Crippen molar-refractivity contribution in [3.05, 3.63) is 29.8 Å². The molecule has 1 aliphatic rings. The van der Waals surface area contributed by atoms with Crippen molar-refractivity contribution >= 4 is 0 Å². The number of likely N-dealkylation sites (tertiary alicyclic amines) is 1. The van der Waals surface area contributed by atoms with Gasteiger partial charge < -0.3 is 19.9 Å². The molecule has 4 heteroatoms. The SMILES string of the molecule is COc1cccc(C(CNC2CCN(C)CC2)N(C)C)c1. The molecule has 0 saturated carbocycles. The van der Waals surface area contributed by atoms with Gasteiger partial charge in [-0.25, -0.2) is 0 Å². The molecule has 21 heavy (non-hydrogen) atoms. The normalized spacial score (nSPS) is 18.9. The van der Waals surface area contributed by atoms with E-state index in [1.165, 1.54) is 31.5 Å². The summed E-state index contributed by atoms with van der Waals surface area (Å²) in [6.45, 7) is 3.38. The summed E-state index contributed by atoms with van der Waals surface area (Å²) in [6.07, 6.45) is 2.49. The van der Waals surface area contributed by atoms with Gasteiger partial charge in [0.2, 0.25) is 0 Å². The van der Waals surface area contributed by atoms with E-state index in [4.69, 9.17) is 4.74 Å². The Kier molecular flexibility index (Phi) is 6.03. The monoisotopic (exact) mass is 291 g/mol. The fraction of sp³-hybridized carbons (Fsp3) is 0.647. The average molecular weight is 291 g/mol. The van der Waals surface area contributed by atoms with E-state index in [0.29, 0.717) is 12.1 Å². The molecule has 2 rings (SSSR count). The van der Waals surface area contributed by atoms with Crippen LogP contribution in [0.15, 0.2) is 24.3 Å². The molecule has 1 unspecified atom stereocenters. The second kappa shape index (κ2) is 7.78. The maximum absolute atomic E-state index is 5.35. The number of methoxy groups -OCH3 is 1. The van der Waals surface area contributed by atoms with E-state index < -0.39 is 0 Å². The summed E-state index contributed by atoms with van der Waals surface area (Å²) < 4.78 is 5.35. The highest BCUT2D eigenvalue weighted by molar-refractivity contribution is 5.30. The molecule has 1 aromatic rings. The number of ether oxygens (including phenoxy) is 1. The summed E-state index contributed by atoms with van der Waals surface area (Å²) >= 11 is 0. The highest BCUT2D eigenvalue weighted by Gasteiger charge is 2.20. The van der Waals surface area contributed by atoms with Crippen molar-refractivity contribution in [2.45, 2.75) is 24.9 Å². The van der Waals surface area contributed by atoms with Crippen molar-refractivity contribution in [2.75, 3.05) is 47.9 Å². The lowest BCUT2D eigenvalue weighted by Crippen LogP contribution is -2.43. The Morgan fingerprint density at radius 1 is 1.33 bits per heavy atom. The predicted molar refractivity (Wildman–Crippen MR) is 87.9 cm³/mol. The molecule has 118 valence electrons. The van der Waals surface area contributed by atoms with Gasteiger partial charge in [-0.05, 0) is 64.8 Å². The van der Waals surface area contributed by atoms with Crippen LogP contribution in [0.1, 0.15) is 24.4 Å². The minimum atomic E-state index is 0.375. The molecule has 1 aliphatic heterocycles. The molecule has 0 bridgehead atoms. The Morgan fingerprint density at radius 2 is 2.05 bits per heavy atom. The standard InChI is InChI=1S/C17H29N3O/c1-19(2)17(14-6-5-7-16(12-14)21-4)13-18-15-8-10-20(3)11-9-15/h5-7,12,15,17-18H,8-11,13H2,1-4H3. The number of hydrogen-bond acceptors (Lipinski definition) is 4. The first-order chi connectivity index (χ1) is 10.1. The van der Waals surface area contributed by atoms with Gasteiger partial charge in [0.25, 0.3) is 0 Å². The smallest absolute Gasteiger partial charge is 0.119 e. The molecular formula is C17H29N3O. The number of rotatable bonds is 6. The summed E-state index contributed by atoms with van der Waals surface area (Å²) in [6, 6.07) is 9.42. The van der Waals surface area contributed by atoms with Gasteiger partial charge in [-0.1, -0.05) is 12.1 Å². The number of likely N-dealkylation sites (N-methyl/N-ethyl adjacent to an activating group) is 1. The summed E-state index contributed by atoms with van der Waals surface area (Å²) in [5, 5.41) is 3.75. The number of nitrogens with one attached hydrogen (secondary N) is 1. The highest BCUT2D eigenvalue weighted by atomic mass is 16.5. The molecule has 0 amide bonds. The third-order valence-electron chi connectivity index (χ3n) is 4.42. The van der Waals surface area contributed by atoms with E-state index in [9.17, 15) is 0 Å². The van der Waals surface area contributed by atoms with Crippen LogP contribution in [0.3, 0.4) is 0 Å². The largest absolute Gasteiger partial charge is 0.497 e. The van der Waals surface area contributed by atoms with Crippen LogP contribution in [0.2, 0.25) is 0 Å². The average Bonchev–Trinajstić information content (AvgIpc) is 2.49. The molecule has 1 aromatic carbocycles. The second-order valence-corrected chi connectivity index (χ2v) is 6.24. The molecule has 0 spiro atoms. The molecular weight excluding hydrogens is 262 g/mol. The Labute approximate surface area is 129 Å². The number of piperidine rings is 1. The van der Waals surface area contributed by atoms with Gasteiger partial charge in [-0.3, -0.25) is 0 Å². The summed E-state index contributed by atoms with van der Waals surface area (Å²) in [5.41, 5.74) is 1.31. The third kappa shape index (κ3) is 4.70. The van der Waals surface area contributed by atoms with Crippen molar-refractivity contribution in [1.29, 1.82) is 0 Å². The zero-order valence-electron chi connectivity index (χ0n) is 13.8. The summed E-state index contributed by atoms with van der Waals surface area (Å²) in [7, 11) is 8.20. The third-order valence-corrected chi connectivity index (χ3v) is 4.42. The van der Waals surface area contributed by atoms with Gasteiger partial charge in [-0.2, -0.15) is 0 Å². The van der Waals surface area contributed by atoms with Crippen molar-refractivity contribution < 1.29 is 4.74 Å². The van der Waals surface area contributed by atoms with Gasteiger partial charge >= 0.3 is 0 Å². The number of benzene rings is 1. The van der Waals surface area contributed by atoms with Crippen LogP contribution in [0.4, 0.5) is 0 Å². The summed E-state index contributed by atoms with van der Waals surface area (Å²) in [5.74, 6) is 0.929. The molecule has 1 fully saturated rings. The van der Waals surface area contributed by atoms with Crippen LogP contribution in [0.5, 0.6) is 5.75 Å². The molecule has 1 saturated heterocycles. The van der Waals surface area contributed by atoms with Gasteiger partial charge in [0.15, 0.2) is 0 Å². The first kappa shape index (κ1) is 16.3. The Bertz CT molecular complexity index is 428. The van der Waals surface area contributed by atoms with E-state index in [0.717, 1.165) is 12.3 Å². The lowest BCUT2D eigenvalue weighted by atomic mass is 10.0. The fourth-order valence-corrected chi connectivity index (χ4v) is 2.94. The van der Waals surface area contributed by atoms with Gasteiger partial charge in [0.05, 0.1) is 7.11 Å². The zero-order valence-corrected chi connectivity index (χ0v) is 13.8. The maximum atomic E-state index is 5.35. The molecule has 1 N–H and O–H groups in total. The molecule has 0 radical (unpaired) electrons. The minimum absolute atomic E-state index is 0.375. The van der Waals surface area contributed by atoms with Crippen LogP contribution in [0, 0.1) is 0 Å². The van der Waals surface area contributed by atoms with Gasteiger partial charge in [0.1, 0.15) is 5.75 Å². The van der Waals surface area contributed by atoms with Gasteiger partial charge in [-0.15, -0.1) is 0 Å². The lowest BCUT2D eigenvalue weighted by molar-refractivity contribution is 0.216. The van der Waals surface area contributed by atoms with Crippen molar-refractivity contribution in [3.8, 4) is 5.75 Å². The van der Waals surface area contributed by atoms with E-state index >= 15 is 0 Å². The van der Waals surface area contributed by atoms with E-state index in [2.05, 4.69) is 54.5 Å². The van der Waals surface area contributed by atoms with Crippen LogP contribution in [-0.2, 0) is 0 Å². The van der Waals surface area contributed by atoms with Gasteiger partial charge in [0, 0.05) is 18.6 Å². The predicted octanol–water partition coefficient (Wildman–Crippen LogP) is 1.98. The Hall–Kier alpha value is -1.10. The van der Waals surface area contributed by atoms with Crippen LogP contribution in [-0.4, -0.2) is 63.7 Å². The van der Waals surface area contributed by atoms with E-state index in [1.807, 2.05) is 6.07 Å². The van der Waals surface area contributed by atoms with Crippen molar-refractivity contribution in [2.24, 2.45) is 0 Å². The van der Waals surface area contributed by atoms with E-state index in [-0.39, 0.29) is 0 Å². The first-order valence-electron chi connectivity index (χ1n) is 7.82. The summed E-state index contributed by atoms with van der Waals surface area (Å²) in [4.78, 5) is 4.68. The number of hydrogen-bond donors (Lipinski definition) is 1. The molecule has 1 atom stereocenters. The Morgan fingerprint density at radius 3 is 2.67 bits per heavy atom. The Balaban J connectivity index is 1.95. The topological polar surface area (TPSA) is 27.7 Å². The molecule has 4 nitrogen and oxygen atoms in total. The van der Waals surface area contributed by atoms with Crippen molar-refractivity contribution in [3.63, 3.8) is 0 Å². The zero-order chi connectivity index (χ0) is 15.2. The van der Waals surface area contributed by atoms with Crippen LogP contribution in [0.25, 0.3) is 0 Å². The maximum Gasteiger partial charge on any atom is 0.119 e. The van der Waals surface area contributed by atoms with Crippen LogP contribution < -0.4 is 10.1 Å².